The van der Waals surface area contributed by atoms with Crippen LogP contribution in [0.4, 0.5) is 4.79 Å². The molecule has 0 saturated heterocycles. The minimum Gasteiger partial charge on any atom is -0.481 e. The molecule has 182 valence electrons. The number of carbonyl (C=O) groups excluding carboxylic acids is 2. The summed E-state index contributed by atoms with van der Waals surface area (Å²) in [6, 6.07) is 15.8. The van der Waals surface area contributed by atoms with Crippen molar-refractivity contribution in [2.24, 2.45) is 0 Å². The number of carboxylic acid groups (broad SMARTS) is 1. The quantitative estimate of drug-likeness (QED) is 0.438. The number of rotatable bonds is 12. The monoisotopic (exact) mass is 468 g/mol. The summed E-state index contributed by atoms with van der Waals surface area (Å²) < 4.78 is 11.1. The van der Waals surface area contributed by atoms with E-state index in [0.717, 1.165) is 22.3 Å². The molecular weight excluding hydrogens is 436 g/mol. The number of nitrogens with one attached hydrogen (secondary N) is 2. The predicted octanol–water partition coefficient (Wildman–Crippen LogP) is 3.69. The topological polar surface area (TPSA) is 114 Å². The Morgan fingerprint density at radius 2 is 1.59 bits per heavy atom. The van der Waals surface area contributed by atoms with Crippen LogP contribution in [0, 0.1) is 0 Å². The molecular formula is C26H32N2O6. The second-order valence-electron chi connectivity index (χ2n) is 8.26. The van der Waals surface area contributed by atoms with Gasteiger partial charge in [0.1, 0.15) is 6.61 Å². The zero-order chi connectivity index (χ0) is 24.5. The number of aliphatic carboxylic acids is 1. The lowest BCUT2D eigenvalue weighted by Crippen LogP contribution is -2.41. The van der Waals surface area contributed by atoms with E-state index in [-0.39, 0.29) is 37.8 Å². The van der Waals surface area contributed by atoms with Crippen LogP contribution in [0.3, 0.4) is 0 Å². The zero-order valence-electron chi connectivity index (χ0n) is 19.6. The van der Waals surface area contributed by atoms with Gasteiger partial charge in [0.25, 0.3) is 0 Å². The summed E-state index contributed by atoms with van der Waals surface area (Å²) in [4.78, 5) is 35.6. The number of carbonyl (C=O) groups is 3. The van der Waals surface area contributed by atoms with Crippen LogP contribution in [0.15, 0.2) is 48.5 Å². The molecule has 2 aromatic rings. The lowest BCUT2D eigenvalue weighted by atomic mass is 9.98. The summed E-state index contributed by atoms with van der Waals surface area (Å²) >= 11 is 0. The number of ether oxygens (including phenoxy) is 2. The van der Waals surface area contributed by atoms with Crippen LogP contribution < -0.4 is 10.6 Å². The van der Waals surface area contributed by atoms with E-state index in [9.17, 15) is 14.4 Å². The first-order valence-corrected chi connectivity index (χ1v) is 11.6. The standard InChI is InChI=1S/C26H32N2O6/c1-3-17(13-25(30)31)28-24(29)14-18(33-4-2)15-27-26(32)34-16-23-21-11-7-5-9-19(21)20-10-6-8-12-22(20)23/h5-12,17-18,23H,3-4,13-16H2,1-2H3,(H,27,32)(H,28,29)(H,30,31)/t17-,18?/m0/s1. The molecule has 0 saturated carbocycles. The van der Waals surface area contributed by atoms with E-state index in [1.54, 1.807) is 6.92 Å². The summed E-state index contributed by atoms with van der Waals surface area (Å²) in [6.45, 7) is 4.29. The molecule has 0 heterocycles. The van der Waals surface area contributed by atoms with Crippen molar-refractivity contribution in [1.29, 1.82) is 0 Å². The van der Waals surface area contributed by atoms with E-state index >= 15 is 0 Å². The van der Waals surface area contributed by atoms with E-state index in [1.807, 2.05) is 31.2 Å². The molecule has 1 aliphatic carbocycles. The number of hydrogen-bond acceptors (Lipinski definition) is 5. The molecule has 8 nitrogen and oxygen atoms in total. The highest BCUT2D eigenvalue weighted by molar-refractivity contribution is 5.79. The van der Waals surface area contributed by atoms with Crippen molar-refractivity contribution < 1.29 is 29.0 Å². The molecule has 0 radical (unpaired) electrons. The first kappa shape index (κ1) is 25.2. The molecule has 0 spiro atoms. The van der Waals surface area contributed by atoms with Gasteiger partial charge in [0, 0.05) is 25.1 Å². The van der Waals surface area contributed by atoms with Gasteiger partial charge in [0.05, 0.1) is 18.9 Å². The fourth-order valence-electron chi connectivity index (χ4n) is 4.27. The van der Waals surface area contributed by atoms with Crippen molar-refractivity contribution in [3.63, 3.8) is 0 Å². The van der Waals surface area contributed by atoms with Gasteiger partial charge < -0.3 is 25.2 Å². The first-order valence-electron chi connectivity index (χ1n) is 11.6. The predicted molar refractivity (Wildman–Crippen MR) is 128 cm³/mol. The first-order chi connectivity index (χ1) is 16.4. The average molecular weight is 469 g/mol. The van der Waals surface area contributed by atoms with Crippen LogP contribution in [-0.4, -0.2) is 55.0 Å². The Bertz CT molecular complexity index is 963. The zero-order valence-corrected chi connectivity index (χ0v) is 19.6. The van der Waals surface area contributed by atoms with Crippen LogP contribution in [-0.2, 0) is 19.1 Å². The molecule has 1 aliphatic rings. The third-order valence-electron chi connectivity index (χ3n) is 5.91. The van der Waals surface area contributed by atoms with Gasteiger partial charge in [-0.05, 0) is 35.6 Å². The van der Waals surface area contributed by atoms with Gasteiger partial charge in [0.15, 0.2) is 0 Å². The maximum absolute atomic E-state index is 12.4. The van der Waals surface area contributed by atoms with Gasteiger partial charge in [-0.1, -0.05) is 55.5 Å². The van der Waals surface area contributed by atoms with E-state index < -0.39 is 24.2 Å². The van der Waals surface area contributed by atoms with Crippen LogP contribution in [0.25, 0.3) is 11.1 Å². The molecule has 0 bridgehead atoms. The number of carboxylic acids is 1. The Balaban J connectivity index is 1.51. The largest absolute Gasteiger partial charge is 0.481 e. The molecule has 2 amide bonds. The van der Waals surface area contributed by atoms with Gasteiger partial charge in [-0.3, -0.25) is 9.59 Å². The number of benzene rings is 2. The summed E-state index contributed by atoms with van der Waals surface area (Å²) in [5.74, 6) is -1.32. The Morgan fingerprint density at radius 3 is 2.15 bits per heavy atom. The molecule has 8 heteroatoms. The van der Waals surface area contributed by atoms with Gasteiger partial charge in [-0.25, -0.2) is 4.79 Å². The van der Waals surface area contributed by atoms with Gasteiger partial charge in [-0.2, -0.15) is 0 Å². The van der Waals surface area contributed by atoms with Crippen molar-refractivity contribution in [2.75, 3.05) is 19.8 Å². The minimum atomic E-state index is -0.967. The summed E-state index contributed by atoms with van der Waals surface area (Å²) in [5.41, 5.74) is 4.57. The van der Waals surface area contributed by atoms with E-state index in [1.165, 1.54) is 0 Å². The number of fused-ring (bicyclic) bond motifs is 3. The molecule has 0 aromatic heterocycles. The van der Waals surface area contributed by atoms with Crippen LogP contribution in [0.2, 0.25) is 0 Å². The smallest absolute Gasteiger partial charge is 0.407 e. The molecule has 34 heavy (non-hydrogen) atoms. The fourth-order valence-corrected chi connectivity index (χ4v) is 4.27. The molecule has 3 N–H and O–H groups in total. The molecule has 0 aliphatic heterocycles. The normalized spacial score (nSPS) is 13.9. The van der Waals surface area contributed by atoms with E-state index in [2.05, 4.69) is 34.9 Å². The molecule has 2 atom stereocenters. The maximum atomic E-state index is 12.4. The van der Waals surface area contributed by atoms with Crippen molar-refractivity contribution in [2.45, 2.75) is 51.2 Å². The number of hydrogen-bond donors (Lipinski definition) is 3. The van der Waals surface area contributed by atoms with Crippen molar-refractivity contribution in [3.05, 3.63) is 59.7 Å². The maximum Gasteiger partial charge on any atom is 0.407 e. The fraction of sp³-hybridized carbons (Fsp3) is 0.423. The van der Waals surface area contributed by atoms with Gasteiger partial charge >= 0.3 is 12.1 Å². The van der Waals surface area contributed by atoms with Crippen LogP contribution in [0.1, 0.15) is 50.2 Å². The second kappa shape index (κ2) is 12.2. The molecule has 3 rings (SSSR count). The minimum absolute atomic E-state index is 0.00755. The molecule has 1 unspecified atom stereocenters. The lowest BCUT2D eigenvalue weighted by molar-refractivity contribution is -0.137. The van der Waals surface area contributed by atoms with Crippen LogP contribution >= 0.6 is 0 Å². The highest BCUT2D eigenvalue weighted by Crippen LogP contribution is 2.44. The van der Waals surface area contributed by atoms with E-state index in [4.69, 9.17) is 14.6 Å². The molecule has 0 fully saturated rings. The van der Waals surface area contributed by atoms with Crippen molar-refractivity contribution in [3.8, 4) is 11.1 Å². The summed E-state index contributed by atoms with van der Waals surface area (Å²) in [6.07, 6.45) is -0.750. The Hall–Kier alpha value is -3.39. The number of alkyl carbamates (subject to hydrolysis) is 1. The van der Waals surface area contributed by atoms with Crippen molar-refractivity contribution >= 4 is 18.0 Å². The summed E-state index contributed by atoms with van der Waals surface area (Å²) in [7, 11) is 0. The highest BCUT2D eigenvalue weighted by Gasteiger charge is 2.29. The Kier molecular flexibility index (Phi) is 9.04. The van der Waals surface area contributed by atoms with Gasteiger partial charge in [-0.15, -0.1) is 0 Å². The SMILES string of the molecule is CCOC(CNC(=O)OCC1c2ccccc2-c2ccccc21)CC(=O)N[C@@H](CC)CC(=O)O. The third kappa shape index (κ3) is 6.57. The highest BCUT2D eigenvalue weighted by atomic mass is 16.5. The lowest BCUT2D eigenvalue weighted by Gasteiger charge is -2.20. The van der Waals surface area contributed by atoms with E-state index in [0.29, 0.717) is 13.0 Å². The Morgan fingerprint density at radius 1 is 0.971 bits per heavy atom. The molecule has 2 aromatic carbocycles. The second-order valence-corrected chi connectivity index (χ2v) is 8.26. The van der Waals surface area contributed by atoms with Gasteiger partial charge in [0.2, 0.25) is 5.91 Å². The summed E-state index contributed by atoms with van der Waals surface area (Å²) in [5, 5.41) is 14.3. The third-order valence-corrected chi connectivity index (χ3v) is 5.91. The number of amides is 2. The average Bonchev–Trinajstić information content (AvgIpc) is 3.14. The van der Waals surface area contributed by atoms with Crippen molar-refractivity contribution in [1.82, 2.24) is 10.6 Å². The van der Waals surface area contributed by atoms with Crippen LogP contribution in [0.5, 0.6) is 0 Å². The Labute approximate surface area is 199 Å².